The first kappa shape index (κ1) is 17.0. The number of alkyl halides is 5. The highest BCUT2D eigenvalue weighted by molar-refractivity contribution is 5.82. The molecule has 0 fully saturated rings. The van der Waals surface area contributed by atoms with Crippen LogP contribution in [0.1, 0.15) is 24.5 Å². The number of rotatable bonds is 2. The molecular formula is C19H15F5N2. The largest absolute Gasteiger partial charge is 0.416 e. The first-order chi connectivity index (χ1) is 12.2. The Morgan fingerprint density at radius 2 is 1.88 bits per heavy atom. The summed E-state index contributed by atoms with van der Waals surface area (Å²) in [6, 6.07) is 10.6. The highest BCUT2D eigenvalue weighted by atomic mass is 19.4. The van der Waals surface area contributed by atoms with Gasteiger partial charge in [-0.15, -0.1) is 0 Å². The Hall–Kier alpha value is -2.44. The minimum atomic E-state index is -4.53. The molecule has 0 amide bonds. The summed E-state index contributed by atoms with van der Waals surface area (Å²) in [6.07, 6.45) is -7.68. The number of fused-ring (bicyclic) bond motifs is 5. The van der Waals surface area contributed by atoms with E-state index in [1.54, 1.807) is 13.0 Å². The van der Waals surface area contributed by atoms with Crippen LogP contribution in [0.25, 0.3) is 22.4 Å². The van der Waals surface area contributed by atoms with Crippen LogP contribution >= 0.6 is 0 Å². The van der Waals surface area contributed by atoms with Crippen LogP contribution < -0.4 is 0 Å². The molecule has 3 aromatic rings. The van der Waals surface area contributed by atoms with Gasteiger partial charge in [-0.3, -0.25) is 0 Å². The van der Waals surface area contributed by atoms with Gasteiger partial charge in [0.25, 0.3) is 0 Å². The van der Waals surface area contributed by atoms with Gasteiger partial charge in [0.1, 0.15) is 5.82 Å². The number of hydrogen-bond acceptors (Lipinski definition) is 1. The molecule has 1 aliphatic rings. The second-order valence-corrected chi connectivity index (χ2v) is 6.92. The zero-order chi connectivity index (χ0) is 18.7. The molecule has 0 bridgehead atoms. The third kappa shape index (κ3) is 2.57. The number of imidazole rings is 1. The van der Waals surface area contributed by atoms with Crippen LogP contribution in [-0.2, 0) is 18.1 Å². The first-order valence-corrected chi connectivity index (χ1v) is 8.14. The van der Waals surface area contributed by atoms with Gasteiger partial charge in [0.05, 0.1) is 16.6 Å². The maximum absolute atomic E-state index is 13.3. The van der Waals surface area contributed by atoms with Crippen molar-refractivity contribution >= 4 is 11.0 Å². The summed E-state index contributed by atoms with van der Waals surface area (Å²) < 4.78 is 67.8. The molecule has 2 heterocycles. The molecule has 1 aliphatic heterocycles. The zero-order valence-corrected chi connectivity index (χ0v) is 13.8. The van der Waals surface area contributed by atoms with E-state index in [2.05, 4.69) is 4.98 Å². The van der Waals surface area contributed by atoms with Gasteiger partial charge in [-0.1, -0.05) is 25.1 Å². The monoisotopic (exact) mass is 366 g/mol. The van der Waals surface area contributed by atoms with Gasteiger partial charge in [0.2, 0.25) is 6.43 Å². The average Bonchev–Trinajstić information content (AvgIpc) is 2.91. The van der Waals surface area contributed by atoms with Crippen LogP contribution in [0.5, 0.6) is 0 Å². The summed E-state index contributed by atoms with van der Waals surface area (Å²) in [7, 11) is 0. The molecule has 0 N–H and O–H groups in total. The summed E-state index contributed by atoms with van der Waals surface area (Å²) in [5.41, 5.74) is 0.268. The lowest BCUT2D eigenvalue weighted by Gasteiger charge is -2.37. The van der Waals surface area contributed by atoms with Crippen molar-refractivity contribution in [3.8, 4) is 11.4 Å². The Balaban J connectivity index is 2.00. The van der Waals surface area contributed by atoms with E-state index in [-0.39, 0.29) is 12.1 Å². The molecule has 1 aromatic heterocycles. The molecule has 26 heavy (non-hydrogen) atoms. The van der Waals surface area contributed by atoms with E-state index in [1.807, 2.05) is 22.8 Å². The van der Waals surface area contributed by atoms with Gasteiger partial charge >= 0.3 is 6.18 Å². The van der Waals surface area contributed by atoms with Crippen molar-refractivity contribution in [3.05, 3.63) is 53.6 Å². The zero-order valence-electron chi connectivity index (χ0n) is 13.8. The molecule has 2 aromatic carbocycles. The number of hydrogen-bond donors (Lipinski definition) is 0. The van der Waals surface area contributed by atoms with Gasteiger partial charge in [0.15, 0.2) is 0 Å². The van der Waals surface area contributed by atoms with Crippen LogP contribution in [0.15, 0.2) is 42.5 Å². The molecule has 2 nitrogen and oxygen atoms in total. The Kier molecular flexibility index (Phi) is 3.61. The Labute approximate surface area is 146 Å². The number of nitrogens with zero attached hydrogens (tertiary/aromatic N) is 2. The maximum Gasteiger partial charge on any atom is 0.416 e. The Morgan fingerprint density at radius 3 is 2.58 bits per heavy atom. The van der Waals surface area contributed by atoms with Crippen molar-refractivity contribution in [2.24, 2.45) is 0 Å². The third-order valence-corrected chi connectivity index (χ3v) is 5.00. The van der Waals surface area contributed by atoms with Gasteiger partial charge in [-0.05, 0) is 29.8 Å². The van der Waals surface area contributed by atoms with Crippen molar-refractivity contribution in [2.75, 3.05) is 0 Å². The number of halogens is 5. The normalized spacial score (nSPS) is 19.7. The fraction of sp³-hybridized carbons (Fsp3) is 0.316. The summed E-state index contributed by atoms with van der Waals surface area (Å²) in [5, 5.41) is 0. The molecule has 0 radical (unpaired) electrons. The predicted molar refractivity (Wildman–Crippen MR) is 88.1 cm³/mol. The van der Waals surface area contributed by atoms with Crippen molar-refractivity contribution in [1.82, 2.24) is 9.55 Å². The minimum Gasteiger partial charge on any atom is -0.323 e. The van der Waals surface area contributed by atoms with E-state index < -0.39 is 30.0 Å². The standard InChI is InChI=1S/C19H15F5N2/c1-18(9-16(20)21)10-26-15-5-3-2-4-14(15)25-17(26)12-7-6-11(8-13(12)18)19(22,23)24/h2-8,16H,9-10H2,1H3. The quantitative estimate of drug-likeness (QED) is 0.536. The Morgan fingerprint density at radius 1 is 1.15 bits per heavy atom. The van der Waals surface area contributed by atoms with Crippen molar-refractivity contribution in [3.63, 3.8) is 0 Å². The number of para-hydroxylation sites is 2. The smallest absolute Gasteiger partial charge is 0.323 e. The molecular weight excluding hydrogens is 351 g/mol. The summed E-state index contributed by atoms with van der Waals surface area (Å²) in [6.45, 7) is 1.75. The summed E-state index contributed by atoms with van der Waals surface area (Å²) in [5.74, 6) is 0.515. The molecule has 0 aliphatic carbocycles. The molecule has 136 valence electrons. The van der Waals surface area contributed by atoms with Gasteiger partial charge in [-0.2, -0.15) is 13.2 Å². The summed E-state index contributed by atoms with van der Waals surface area (Å²) >= 11 is 0. The van der Waals surface area contributed by atoms with Gasteiger partial charge in [0, 0.05) is 23.9 Å². The van der Waals surface area contributed by atoms with E-state index in [0.717, 1.165) is 17.6 Å². The van der Waals surface area contributed by atoms with Gasteiger partial charge < -0.3 is 4.57 Å². The topological polar surface area (TPSA) is 17.8 Å². The molecule has 1 unspecified atom stereocenters. The number of aromatic nitrogens is 2. The van der Waals surface area contributed by atoms with Crippen molar-refractivity contribution in [2.45, 2.75) is 37.9 Å². The molecule has 0 saturated heterocycles. The second-order valence-electron chi connectivity index (χ2n) is 6.92. The highest BCUT2D eigenvalue weighted by Gasteiger charge is 2.41. The highest BCUT2D eigenvalue weighted by Crippen LogP contribution is 2.46. The Bertz CT molecular complexity index is 989. The van der Waals surface area contributed by atoms with E-state index in [0.29, 0.717) is 16.9 Å². The van der Waals surface area contributed by atoms with Crippen LogP contribution in [-0.4, -0.2) is 16.0 Å². The van der Waals surface area contributed by atoms with E-state index in [4.69, 9.17) is 0 Å². The molecule has 1 atom stereocenters. The predicted octanol–water partition coefficient (Wildman–Crippen LogP) is 5.65. The first-order valence-electron chi connectivity index (χ1n) is 8.14. The average molecular weight is 366 g/mol. The van der Waals surface area contributed by atoms with Crippen LogP contribution in [0.2, 0.25) is 0 Å². The third-order valence-electron chi connectivity index (χ3n) is 5.00. The fourth-order valence-electron chi connectivity index (χ4n) is 3.81. The SMILES string of the molecule is CC1(CC(F)F)Cn2c(nc3ccccc32)-c2ccc(C(F)(F)F)cc21. The minimum absolute atomic E-state index is 0.154. The van der Waals surface area contributed by atoms with Crippen molar-refractivity contribution < 1.29 is 22.0 Å². The van der Waals surface area contributed by atoms with E-state index >= 15 is 0 Å². The molecule has 4 rings (SSSR count). The van der Waals surface area contributed by atoms with Crippen molar-refractivity contribution in [1.29, 1.82) is 0 Å². The van der Waals surface area contributed by atoms with Gasteiger partial charge in [-0.25, -0.2) is 13.8 Å². The number of benzene rings is 2. The fourth-order valence-corrected chi connectivity index (χ4v) is 3.81. The lowest BCUT2D eigenvalue weighted by Crippen LogP contribution is -2.35. The lowest BCUT2D eigenvalue weighted by molar-refractivity contribution is -0.137. The lowest BCUT2D eigenvalue weighted by atomic mass is 9.74. The summed E-state index contributed by atoms with van der Waals surface area (Å²) in [4.78, 5) is 4.53. The van der Waals surface area contributed by atoms with Crippen LogP contribution in [0.3, 0.4) is 0 Å². The molecule has 7 heteroatoms. The second kappa shape index (κ2) is 5.53. The van der Waals surface area contributed by atoms with E-state index in [9.17, 15) is 22.0 Å². The van der Waals surface area contributed by atoms with E-state index in [1.165, 1.54) is 6.07 Å². The van der Waals surface area contributed by atoms with Crippen LogP contribution in [0.4, 0.5) is 22.0 Å². The maximum atomic E-state index is 13.3. The molecule has 0 spiro atoms. The molecule has 0 saturated carbocycles. The van der Waals surface area contributed by atoms with Crippen LogP contribution in [0, 0.1) is 0 Å².